The topological polar surface area (TPSA) is 127 Å². The number of nitrogens with zero attached hydrogens (tertiary/aromatic N) is 4. The van der Waals surface area contributed by atoms with Gasteiger partial charge in [0.15, 0.2) is 10.9 Å². The molecule has 0 spiro atoms. The number of aromatic nitrogens is 3. The zero-order valence-corrected chi connectivity index (χ0v) is 19.7. The number of hydrogen-bond donors (Lipinski definition) is 2. The molecule has 1 aliphatic rings. The van der Waals surface area contributed by atoms with Gasteiger partial charge in [-0.2, -0.15) is 0 Å². The molecule has 0 saturated carbocycles. The molecule has 35 heavy (non-hydrogen) atoms. The van der Waals surface area contributed by atoms with Crippen LogP contribution in [0.1, 0.15) is 29.0 Å². The third-order valence-corrected chi connectivity index (χ3v) is 6.85. The molecule has 0 radical (unpaired) electrons. The Labute approximate surface area is 206 Å². The number of piperidine rings is 1. The number of nitrogens with one attached hydrogen (secondary N) is 1. The number of pyridine rings is 1. The number of amides is 2. The van der Waals surface area contributed by atoms with Gasteiger partial charge >= 0.3 is 0 Å². The molecule has 1 aliphatic heterocycles. The van der Waals surface area contributed by atoms with E-state index in [1.807, 2.05) is 35.2 Å². The van der Waals surface area contributed by atoms with Crippen LogP contribution in [0.3, 0.4) is 0 Å². The van der Waals surface area contributed by atoms with Gasteiger partial charge < -0.3 is 20.4 Å². The minimum absolute atomic E-state index is 0.171. The standard InChI is InChI=1S/C25H24N6O3S/c26-23(32)16-5-3-12-31(14-16)21-9-8-17(13-29-21)30-24(33)22-19(15-35-25-27-10-4-11-28-25)18-6-1-2-7-20(18)34-22/h1-2,4,6-11,13,16H,3,5,12,14-15H2,(H2,26,32)(H,30,33). The normalized spacial score (nSPS) is 15.8. The van der Waals surface area contributed by atoms with E-state index >= 15 is 0 Å². The summed E-state index contributed by atoms with van der Waals surface area (Å²) in [6.07, 6.45) is 6.66. The summed E-state index contributed by atoms with van der Waals surface area (Å²) >= 11 is 1.44. The summed E-state index contributed by atoms with van der Waals surface area (Å²) in [5, 5.41) is 4.39. The number of primary amides is 1. The van der Waals surface area contributed by atoms with Crippen molar-refractivity contribution in [3.8, 4) is 0 Å². The molecule has 4 heterocycles. The Balaban J connectivity index is 1.32. The average molecular weight is 489 g/mol. The lowest BCUT2D eigenvalue weighted by atomic mass is 9.97. The summed E-state index contributed by atoms with van der Waals surface area (Å²) < 4.78 is 5.94. The van der Waals surface area contributed by atoms with Crippen LogP contribution in [0.15, 0.2) is 70.6 Å². The Morgan fingerprint density at radius 3 is 2.71 bits per heavy atom. The van der Waals surface area contributed by atoms with Crippen molar-refractivity contribution in [2.75, 3.05) is 23.3 Å². The molecule has 10 heteroatoms. The Hall–Kier alpha value is -3.92. The van der Waals surface area contributed by atoms with Gasteiger partial charge in [0.2, 0.25) is 5.91 Å². The Bertz CT molecular complexity index is 1340. The van der Waals surface area contributed by atoms with Crippen molar-refractivity contribution < 1.29 is 14.0 Å². The van der Waals surface area contributed by atoms with E-state index in [-0.39, 0.29) is 23.5 Å². The van der Waals surface area contributed by atoms with E-state index in [0.717, 1.165) is 36.2 Å². The first-order chi connectivity index (χ1) is 17.1. The highest BCUT2D eigenvalue weighted by molar-refractivity contribution is 7.98. The monoisotopic (exact) mass is 488 g/mol. The molecule has 2 amide bonds. The summed E-state index contributed by atoms with van der Waals surface area (Å²) in [6.45, 7) is 1.37. The zero-order valence-electron chi connectivity index (χ0n) is 18.9. The summed E-state index contributed by atoms with van der Waals surface area (Å²) in [6, 6.07) is 13.0. The summed E-state index contributed by atoms with van der Waals surface area (Å²) in [5.41, 5.74) is 7.46. The first-order valence-electron chi connectivity index (χ1n) is 11.3. The second kappa shape index (κ2) is 10.1. The lowest BCUT2D eigenvalue weighted by Crippen LogP contribution is -2.41. The lowest BCUT2D eigenvalue weighted by Gasteiger charge is -2.32. The molecule has 1 atom stereocenters. The van der Waals surface area contributed by atoms with Crippen molar-refractivity contribution in [1.82, 2.24) is 15.0 Å². The molecule has 3 aromatic heterocycles. The highest BCUT2D eigenvalue weighted by Gasteiger charge is 2.25. The molecule has 1 unspecified atom stereocenters. The van der Waals surface area contributed by atoms with E-state index in [9.17, 15) is 9.59 Å². The fraction of sp³-hybridized carbons (Fsp3) is 0.240. The number of rotatable bonds is 7. The van der Waals surface area contributed by atoms with E-state index in [4.69, 9.17) is 10.2 Å². The summed E-state index contributed by atoms with van der Waals surface area (Å²) in [4.78, 5) is 39.8. The van der Waals surface area contributed by atoms with Crippen molar-refractivity contribution in [2.24, 2.45) is 11.7 Å². The van der Waals surface area contributed by atoms with Crippen LogP contribution < -0.4 is 16.0 Å². The molecule has 1 aromatic carbocycles. The number of fused-ring (bicyclic) bond motifs is 1. The molecule has 0 bridgehead atoms. The number of nitrogens with two attached hydrogens (primary N) is 1. The Morgan fingerprint density at radius 1 is 1.11 bits per heavy atom. The fourth-order valence-corrected chi connectivity index (χ4v) is 5.01. The minimum Gasteiger partial charge on any atom is -0.451 e. The van der Waals surface area contributed by atoms with Crippen LogP contribution in [0.2, 0.25) is 0 Å². The fourth-order valence-electron chi connectivity index (χ4n) is 4.17. The van der Waals surface area contributed by atoms with Gasteiger partial charge in [0, 0.05) is 42.2 Å². The lowest BCUT2D eigenvalue weighted by molar-refractivity contribution is -0.122. The second-order valence-electron chi connectivity index (χ2n) is 8.27. The maximum absolute atomic E-state index is 13.2. The van der Waals surface area contributed by atoms with Gasteiger partial charge in [-0.25, -0.2) is 15.0 Å². The van der Waals surface area contributed by atoms with Crippen molar-refractivity contribution in [3.63, 3.8) is 0 Å². The maximum Gasteiger partial charge on any atom is 0.291 e. The molecule has 1 saturated heterocycles. The third kappa shape index (κ3) is 5.12. The van der Waals surface area contributed by atoms with E-state index in [2.05, 4.69) is 20.3 Å². The van der Waals surface area contributed by atoms with Gasteiger partial charge in [-0.3, -0.25) is 9.59 Å². The molecule has 1 fully saturated rings. The first kappa shape index (κ1) is 22.9. The number of anilines is 2. The van der Waals surface area contributed by atoms with E-state index in [0.29, 0.717) is 28.7 Å². The quantitative estimate of drug-likeness (QED) is 0.296. The number of carbonyl (C=O) groups is 2. The first-order valence-corrected chi connectivity index (χ1v) is 12.3. The molecule has 178 valence electrons. The summed E-state index contributed by atoms with van der Waals surface area (Å²) in [7, 11) is 0. The Kier molecular flexibility index (Phi) is 6.62. The van der Waals surface area contributed by atoms with Crippen molar-refractivity contribution in [2.45, 2.75) is 23.8 Å². The van der Waals surface area contributed by atoms with Gasteiger partial charge in [0.25, 0.3) is 5.91 Å². The van der Waals surface area contributed by atoms with E-state index in [1.165, 1.54) is 11.8 Å². The van der Waals surface area contributed by atoms with Crippen LogP contribution in [0.5, 0.6) is 0 Å². The van der Waals surface area contributed by atoms with Crippen LogP contribution >= 0.6 is 11.8 Å². The molecular weight excluding hydrogens is 464 g/mol. The molecular formula is C25H24N6O3S. The summed E-state index contributed by atoms with van der Waals surface area (Å²) in [5.74, 6) is 0.674. The van der Waals surface area contributed by atoms with Gasteiger partial charge in [0.1, 0.15) is 11.4 Å². The second-order valence-corrected chi connectivity index (χ2v) is 9.22. The van der Waals surface area contributed by atoms with Gasteiger partial charge in [-0.1, -0.05) is 30.0 Å². The SMILES string of the molecule is NC(=O)C1CCCN(c2ccc(NC(=O)c3oc4ccccc4c3CSc3ncccn3)cn2)C1. The molecule has 9 nitrogen and oxygen atoms in total. The van der Waals surface area contributed by atoms with Crippen LogP contribution in [0.4, 0.5) is 11.5 Å². The van der Waals surface area contributed by atoms with Crippen molar-refractivity contribution in [3.05, 3.63) is 72.4 Å². The van der Waals surface area contributed by atoms with Crippen LogP contribution in [-0.4, -0.2) is 39.9 Å². The predicted octanol–water partition coefficient (Wildman–Crippen LogP) is 3.86. The zero-order chi connectivity index (χ0) is 24.2. The van der Waals surface area contributed by atoms with Crippen molar-refractivity contribution >= 4 is 46.1 Å². The van der Waals surface area contributed by atoms with Gasteiger partial charge in [-0.15, -0.1) is 0 Å². The van der Waals surface area contributed by atoms with Crippen LogP contribution in [0, 0.1) is 5.92 Å². The van der Waals surface area contributed by atoms with Crippen molar-refractivity contribution in [1.29, 1.82) is 0 Å². The smallest absolute Gasteiger partial charge is 0.291 e. The molecule has 0 aliphatic carbocycles. The Morgan fingerprint density at radius 2 is 1.94 bits per heavy atom. The highest BCUT2D eigenvalue weighted by Crippen LogP contribution is 2.31. The minimum atomic E-state index is -0.355. The number of para-hydroxylation sites is 1. The molecule has 5 rings (SSSR count). The molecule has 3 N–H and O–H groups in total. The molecule has 4 aromatic rings. The number of benzene rings is 1. The number of hydrogen-bond acceptors (Lipinski definition) is 8. The highest BCUT2D eigenvalue weighted by atomic mass is 32.2. The number of thioether (sulfide) groups is 1. The van der Waals surface area contributed by atoms with E-state index < -0.39 is 0 Å². The predicted molar refractivity (Wildman–Crippen MR) is 134 cm³/mol. The maximum atomic E-state index is 13.2. The van der Waals surface area contributed by atoms with Crippen LogP contribution in [-0.2, 0) is 10.5 Å². The van der Waals surface area contributed by atoms with Gasteiger partial charge in [0.05, 0.1) is 17.8 Å². The van der Waals surface area contributed by atoms with Gasteiger partial charge in [-0.05, 0) is 37.1 Å². The third-order valence-electron chi connectivity index (χ3n) is 5.95. The number of furan rings is 1. The van der Waals surface area contributed by atoms with E-state index in [1.54, 1.807) is 30.7 Å². The average Bonchev–Trinajstić information content (AvgIpc) is 3.27. The van der Waals surface area contributed by atoms with Crippen LogP contribution in [0.25, 0.3) is 11.0 Å². The largest absolute Gasteiger partial charge is 0.451 e. The number of carbonyl (C=O) groups excluding carboxylic acids is 2.